The molecule has 0 aliphatic carbocycles. The van der Waals surface area contributed by atoms with Crippen molar-refractivity contribution in [1.29, 1.82) is 0 Å². The van der Waals surface area contributed by atoms with Crippen molar-refractivity contribution < 1.29 is 4.74 Å². The third-order valence-corrected chi connectivity index (χ3v) is 10.1. The molecular weight excluding hydrogens is 575 g/mol. The molecule has 2 aromatic carbocycles. The highest BCUT2D eigenvalue weighted by molar-refractivity contribution is 7.99. The van der Waals surface area contributed by atoms with E-state index in [1.807, 2.05) is 12.4 Å². The molecule has 3 aliphatic rings. The predicted molar refractivity (Wildman–Crippen MR) is 187 cm³/mol. The highest BCUT2D eigenvalue weighted by Crippen LogP contribution is 2.48. The zero-order valence-electron chi connectivity index (χ0n) is 26.4. The molecule has 45 heavy (non-hydrogen) atoms. The van der Waals surface area contributed by atoms with Crippen LogP contribution in [0.4, 0.5) is 17.3 Å². The second kappa shape index (κ2) is 12.8. The number of hydrogen-bond acceptors (Lipinski definition) is 7. The Kier molecular flexibility index (Phi) is 8.49. The first-order valence-electron chi connectivity index (χ1n) is 16.0. The van der Waals surface area contributed by atoms with Crippen LogP contribution in [-0.2, 0) is 17.6 Å². The van der Waals surface area contributed by atoms with Crippen molar-refractivity contribution in [2.24, 2.45) is 0 Å². The maximum absolute atomic E-state index is 5.60. The van der Waals surface area contributed by atoms with E-state index in [1.165, 1.54) is 33.4 Å². The molecule has 6 nitrogen and oxygen atoms in total. The highest BCUT2D eigenvalue weighted by Gasteiger charge is 2.28. The molecule has 0 spiro atoms. The van der Waals surface area contributed by atoms with E-state index in [0.29, 0.717) is 0 Å². The Morgan fingerprint density at radius 3 is 2.29 bits per heavy atom. The van der Waals surface area contributed by atoms with Gasteiger partial charge in [0.05, 0.1) is 23.0 Å². The first-order valence-corrected chi connectivity index (χ1v) is 16.8. The van der Waals surface area contributed by atoms with E-state index in [1.54, 1.807) is 11.8 Å². The summed E-state index contributed by atoms with van der Waals surface area (Å²) >= 11 is 1.78. The zero-order valence-corrected chi connectivity index (χ0v) is 27.2. The summed E-state index contributed by atoms with van der Waals surface area (Å²) < 4.78 is 5.60. The molecule has 1 fully saturated rings. The van der Waals surface area contributed by atoms with Gasteiger partial charge in [-0.3, -0.25) is 4.90 Å². The molecule has 5 heterocycles. The minimum atomic E-state index is 0.793. The van der Waals surface area contributed by atoms with Crippen LogP contribution in [0.15, 0.2) is 95.1 Å². The molecule has 7 rings (SSSR count). The fourth-order valence-electron chi connectivity index (χ4n) is 6.35. The number of rotatable bonds is 8. The van der Waals surface area contributed by atoms with Crippen LogP contribution in [0.2, 0.25) is 0 Å². The zero-order chi connectivity index (χ0) is 30.9. The van der Waals surface area contributed by atoms with Gasteiger partial charge in [-0.1, -0.05) is 48.2 Å². The second-order valence-corrected chi connectivity index (χ2v) is 13.6. The molecule has 0 saturated carbocycles. The second-order valence-electron chi connectivity index (χ2n) is 12.5. The number of anilines is 3. The number of allylic oxidation sites excluding steroid dienone is 2. The van der Waals surface area contributed by atoms with E-state index in [2.05, 4.69) is 90.7 Å². The average molecular weight is 616 g/mol. The molecule has 230 valence electrons. The summed E-state index contributed by atoms with van der Waals surface area (Å²) in [4.78, 5) is 17.3. The van der Waals surface area contributed by atoms with Crippen molar-refractivity contribution in [3.05, 3.63) is 102 Å². The van der Waals surface area contributed by atoms with Crippen molar-refractivity contribution in [1.82, 2.24) is 14.9 Å². The minimum absolute atomic E-state index is 0.793. The van der Waals surface area contributed by atoms with Crippen molar-refractivity contribution >= 4 is 29.1 Å². The Bertz CT molecular complexity index is 1780. The maximum atomic E-state index is 5.60. The maximum Gasteiger partial charge on any atom is 0.148 e. The van der Waals surface area contributed by atoms with E-state index >= 15 is 0 Å². The van der Waals surface area contributed by atoms with Crippen LogP contribution in [0.5, 0.6) is 0 Å². The lowest BCUT2D eigenvalue weighted by atomic mass is 9.96. The van der Waals surface area contributed by atoms with Gasteiger partial charge in [-0.25, -0.2) is 9.97 Å². The number of morpholine rings is 1. The first-order chi connectivity index (χ1) is 21.9. The summed E-state index contributed by atoms with van der Waals surface area (Å²) in [6.45, 7) is 17.8. The smallest absolute Gasteiger partial charge is 0.148 e. The fourth-order valence-corrected chi connectivity index (χ4v) is 7.47. The molecule has 0 atom stereocenters. The standard InChI is InChI=1S/C38H41N5OS/c1-25(2)5-8-28-19-29(9-6-26(28)3)32-21-35-37(39-23-32)43(14-13-42-15-17-44-18-16-42)38-36(45-35)22-33(24-40-38)30-11-12-34-31(20-30)10-7-27(4)41-34/h6,9,11-12,19-24,41H,1,4-5,7-8,10,13-18H2,2-3H3. The van der Waals surface area contributed by atoms with Crippen LogP contribution in [0.1, 0.15) is 36.5 Å². The molecule has 0 bridgehead atoms. The molecule has 1 N–H and O–H groups in total. The number of fused-ring (bicyclic) bond motifs is 3. The number of aromatic nitrogens is 2. The van der Waals surface area contributed by atoms with Gasteiger partial charge in [-0.15, -0.1) is 6.58 Å². The number of nitrogens with one attached hydrogen (secondary N) is 1. The SMILES string of the molecule is C=C(C)CCc1cc(-c2cnc3c(c2)Sc2cc(-c4ccc5c(c4)CCC(=C)N5)cnc2N3CCN2CCOCC2)ccc1C. The normalized spacial score (nSPS) is 16.0. The van der Waals surface area contributed by atoms with Gasteiger partial charge in [0.15, 0.2) is 0 Å². The Morgan fingerprint density at radius 2 is 1.58 bits per heavy atom. The molecule has 0 unspecified atom stereocenters. The van der Waals surface area contributed by atoms with Crippen molar-refractivity contribution in [3.8, 4) is 22.3 Å². The van der Waals surface area contributed by atoms with Gasteiger partial charge in [0.2, 0.25) is 0 Å². The summed E-state index contributed by atoms with van der Waals surface area (Å²) in [7, 11) is 0. The molecule has 3 aliphatic heterocycles. The van der Waals surface area contributed by atoms with Crippen molar-refractivity contribution in [3.63, 3.8) is 0 Å². The summed E-state index contributed by atoms with van der Waals surface area (Å²) in [5.41, 5.74) is 12.2. The summed E-state index contributed by atoms with van der Waals surface area (Å²) in [6, 6.07) is 18.1. The van der Waals surface area contributed by atoms with Gasteiger partial charge in [0, 0.05) is 61.1 Å². The van der Waals surface area contributed by atoms with E-state index in [4.69, 9.17) is 14.7 Å². The third kappa shape index (κ3) is 6.43. The molecule has 0 amide bonds. The lowest BCUT2D eigenvalue weighted by molar-refractivity contribution is 0.0393. The van der Waals surface area contributed by atoms with Crippen LogP contribution in [0.3, 0.4) is 0 Å². The van der Waals surface area contributed by atoms with Gasteiger partial charge in [0.25, 0.3) is 0 Å². The molecule has 1 saturated heterocycles. The van der Waals surface area contributed by atoms with E-state index in [0.717, 1.165) is 109 Å². The highest BCUT2D eigenvalue weighted by atomic mass is 32.2. The minimum Gasteiger partial charge on any atom is -0.379 e. The number of benzene rings is 2. The van der Waals surface area contributed by atoms with Crippen LogP contribution in [0.25, 0.3) is 22.3 Å². The topological polar surface area (TPSA) is 53.5 Å². The van der Waals surface area contributed by atoms with Gasteiger partial charge in [0.1, 0.15) is 11.6 Å². The monoisotopic (exact) mass is 615 g/mol. The number of ether oxygens (including phenoxy) is 1. The number of hydrogen-bond donors (Lipinski definition) is 1. The third-order valence-electron chi connectivity index (χ3n) is 9.09. The van der Waals surface area contributed by atoms with E-state index in [-0.39, 0.29) is 0 Å². The lowest BCUT2D eigenvalue weighted by Crippen LogP contribution is -2.41. The molecule has 4 aromatic rings. The first kappa shape index (κ1) is 29.8. The largest absolute Gasteiger partial charge is 0.379 e. The fraction of sp³-hybridized carbons (Fsp3) is 0.316. The summed E-state index contributed by atoms with van der Waals surface area (Å²) in [5, 5.41) is 3.44. The molecular formula is C38H41N5OS. The molecule has 0 radical (unpaired) electrons. The predicted octanol–water partition coefficient (Wildman–Crippen LogP) is 8.43. The van der Waals surface area contributed by atoms with Crippen LogP contribution in [0, 0.1) is 6.92 Å². The quantitative estimate of drug-likeness (QED) is 0.200. The molecule has 2 aromatic heterocycles. The number of pyridine rings is 2. The van der Waals surface area contributed by atoms with Gasteiger partial charge in [-0.2, -0.15) is 0 Å². The van der Waals surface area contributed by atoms with Crippen molar-refractivity contribution in [2.75, 3.05) is 49.6 Å². The Labute approximate surface area is 271 Å². The van der Waals surface area contributed by atoms with Crippen molar-refractivity contribution in [2.45, 2.75) is 49.3 Å². The van der Waals surface area contributed by atoms with Crippen LogP contribution in [-0.4, -0.2) is 54.3 Å². The average Bonchev–Trinajstić information content (AvgIpc) is 3.06. The van der Waals surface area contributed by atoms with E-state index < -0.39 is 0 Å². The van der Waals surface area contributed by atoms with E-state index in [9.17, 15) is 0 Å². The Balaban J connectivity index is 1.23. The lowest BCUT2D eigenvalue weighted by Gasteiger charge is -2.34. The number of aryl methyl sites for hydroxylation is 3. The van der Waals surface area contributed by atoms with Crippen LogP contribution >= 0.6 is 11.8 Å². The molecule has 7 heteroatoms. The Morgan fingerprint density at radius 1 is 0.889 bits per heavy atom. The van der Waals surface area contributed by atoms with Gasteiger partial charge in [-0.05, 0) is 91.6 Å². The summed E-state index contributed by atoms with van der Waals surface area (Å²) in [6.07, 6.45) is 8.04. The Hall–Kier alpha value is -3.91. The van der Waals surface area contributed by atoms with Gasteiger partial charge < -0.3 is 15.0 Å². The number of nitrogens with zero attached hydrogens (tertiary/aromatic N) is 4. The van der Waals surface area contributed by atoms with Crippen LogP contribution < -0.4 is 10.2 Å². The summed E-state index contributed by atoms with van der Waals surface area (Å²) in [5.74, 6) is 1.97. The van der Waals surface area contributed by atoms with Gasteiger partial charge >= 0.3 is 0 Å².